The van der Waals surface area contributed by atoms with E-state index in [2.05, 4.69) is 23.9 Å². The molecule has 3 aromatic rings. The van der Waals surface area contributed by atoms with Crippen LogP contribution < -0.4 is 5.69 Å². The maximum atomic E-state index is 12.8. The molecule has 0 radical (unpaired) electrons. The Morgan fingerprint density at radius 2 is 2.00 bits per heavy atom. The minimum Gasteiger partial charge on any atom is -0.341 e. The Kier molecular flexibility index (Phi) is 4.26. The summed E-state index contributed by atoms with van der Waals surface area (Å²) in [5.74, 6) is 1.32. The molecule has 148 valence electrons. The van der Waals surface area contributed by atoms with Gasteiger partial charge in [-0.15, -0.1) is 16.4 Å². The second-order valence-corrected chi connectivity index (χ2v) is 9.56. The van der Waals surface area contributed by atoms with Gasteiger partial charge in [-0.05, 0) is 49.5 Å². The molecule has 1 aliphatic heterocycles. The zero-order chi connectivity index (χ0) is 19.4. The van der Waals surface area contributed by atoms with Crippen LogP contribution in [-0.2, 0) is 24.2 Å². The van der Waals surface area contributed by atoms with Gasteiger partial charge < -0.3 is 4.90 Å². The van der Waals surface area contributed by atoms with Crippen LogP contribution in [0.3, 0.4) is 0 Å². The van der Waals surface area contributed by atoms with Crippen LogP contribution in [0.15, 0.2) is 11.1 Å². The molecule has 1 unspecified atom stereocenters. The minimum atomic E-state index is -0.285. The lowest BCUT2D eigenvalue weighted by Gasteiger charge is -2.30. The summed E-state index contributed by atoms with van der Waals surface area (Å²) in [4.78, 5) is 34.2. The van der Waals surface area contributed by atoms with E-state index in [4.69, 9.17) is 0 Å². The van der Waals surface area contributed by atoms with E-state index in [1.54, 1.807) is 17.7 Å². The number of carbonyl (C=O) groups is 1. The number of aryl methyl sites for hydroxylation is 1. The van der Waals surface area contributed by atoms with Crippen LogP contribution in [0.2, 0.25) is 0 Å². The highest BCUT2D eigenvalue weighted by molar-refractivity contribution is 7.19. The maximum absolute atomic E-state index is 12.8. The van der Waals surface area contributed by atoms with E-state index >= 15 is 0 Å². The van der Waals surface area contributed by atoms with E-state index < -0.39 is 0 Å². The van der Waals surface area contributed by atoms with Gasteiger partial charge in [0.2, 0.25) is 5.91 Å². The predicted octanol–water partition coefficient (Wildman–Crippen LogP) is 2.49. The Morgan fingerprint density at radius 3 is 2.79 bits per heavy atom. The average Bonchev–Trinajstić information content (AvgIpc) is 3.19. The van der Waals surface area contributed by atoms with Crippen molar-refractivity contribution in [1.29, 1.82) is 0 Å². The molecule has 3 aromatic heterocycles. The van der Waals surface area contributed by atoms with Crippen molar-refractivity contribution >= 4 is 33.1 Å². The molecule has 2 aliphatic rings. The summed E-state index contributed by atoms with van der Waals surface area (Å²) in [6, 6.07) is 0. The summed E-state index contributed by atoms with van der Waals surface area (Å²) < 4.78 is 2.81. The van der Waals surface area contributed by atoms with E-state index in [9.17, 15) is 9.59 Å². The molecule has 1 amide bonds. The first kappa shape index (κ1) is 17.8. The minimum absolute atomic E-state index is 0.000249. The third-order valence-corrected chi connectivity index (χ3v) is 7.46. The molecule has 0 bridgehead atoms. The van der Waals surface area contributed by atoms with Gasteiger partial charge in [-0.2, -0.15) is 0 Å². The highest BCUT2D eigenvalue weighted by Gasteiger charge is 2.25. The number of piperidine rings is 1. The highest BCUT2D eigenvalue weighted by Crippen LogP contribution is 2.38. The fourth-order valence-corrected chi connectivity index (χ4v) is 5.80. The lowest BCUT2D eigenvalue weighted by atomic mass is 9.89. The number of amides is 1. The molecule has 4 heterocycles. The number of carbonyl (C=O) groups excluding carboxylic acids is 1. The third-order valence-electron chi connectivity index (χ3n) is 6.30. The summed E-state index contributed by atoms with van der Waals surface area (Å²) in [7, 11) is 0. The molecule has 5 rings (SSSR count). The van der Waals surface area contributed by atoms with Crippen LogP contribution in [0.25, 0.3) is 15.9 Å². The summed E-state index contributed by atoms with van der Waals surface area (Å²) >= 11 is 1.72. The number of rotatable bonds is 2. The van der Waals surface area contributed by atoms with Crippen molar-refractivity contribution in [2.75, 3.05) is 13.1 Å². The first-order chi connectivity index (χ1) is 13.5. The molecular formula is C20H25N5O2S. The topological polar surface area (TPSA) is 72.5 Å². The Morgan fingerprint density at radius 1 is 1.21 bits per heavy atom. The van der Waals surface area contributed by atoms with E-state index in [1.807, 2.05) is 4.90 Å². The molecule has 1 aliphatic carbocycles. The van der Waals surface area contributed by atoms with Gasteiger partial charge in [-0.25, -0.2) is 18.9 Å². The number of nitrogens with zero attached hydrogens (tertiary/aromatic N) is 5. The molecule has 1 fully saturated rings. The third kappa shape index (κ3) is 2.85. The summed E-state index contributed by atoms with van der Waals surface area (Å²) in [6.07, 6.45) is 6.83. The lowest BCUT2D eigenvalue weighted by Crippen LogP contribution is -2.41. The van der Waals surface area contributed by atoms with Crippen LogP contribution in [0.5, 0.6) is 0 Å². The monoisotopic (exact) mass is 399 g/mol. The largest absolute Gasteiger partial charge is 0.352 e. The van der Waals surface area contributed by atoms with E-state index in [1.165, 1.54) is 19.5 Å². The molecule has 0 spiro atoms. The molecule has 1 atom stereocenters. The van der Waals surface area contributed by atoms with Gasteiger partial charge in [-0.3, -0.25) is 4.79 Å². The van der Waals surface area contributed by atoms with Gasteiger partial charge in [0.05, 0.1) is 5.39 Å². The van der Waals surface area contributed by atoms with Crippen LogP contribution >= 0.6 is 11.3 Å². The van der Waals surface area contributed by atoms with Gasteiger partial charge >= 0.3 is 5.69 Å². The van der Waals surface area contributed by atoms with Gasteiger partial charge in [0.25, 0.3) is 0 Å². The standard InChI is InChI=1S/C20H25N5O2S/c1-12-5-7-23(8-6-12)16(26)10-25-20(27)24-11-21-19-17(18(24)22-25)14-4-3-13(2)9-15(14)28-19/h11-13H,3-10H2,1-2H3. The number of fused-ring (bicyclic) bond motifs is 5. The zero-order valence-electron chi connectivity index (χ0n) is 16.3. The smallest absolute Gasteiger partial charge is 0.341 e. The SMILES string of the molecule is CC1CCN(C(=O)Cn2nc3c4c5c(sc4ncn3c2=O)CC(C)CC5)CC1. The highest BCUT2D eigenvalue weighted by atomic mass is 32.1. The summed E-state index contributed by atoms with van der Waals surface area (Å²) in [5, 5.41) is 5.58. The molecule has 7 nitrogen and oxygen atoms in total. The number of likely N-dealkylation sites (tertiary alicyclic amines) is 1. The van der Waals surface area contributed by atoms with Crippen LogP contribution in [0, 0.1) is 11.8 Å². The second kappa shape index (κ2) is 6.69. The van der Waals surface area contributed by atoms with Gasteiger partial charge in [0, 0.05) is 18.0 Å². The first-order valence-electron chi connectivity index (χ1n) is 10.2. The summed E-state index contributed by atoms with van der Waals surface area (Å²) in [5.41, 5.74) is 1.65. The van der Waals surface area contributed by atoms with E-state index in [0.29, 0.717) is 17.5 Å². The van der Waals surface area contributed by atoms with Crippen LogP contribution in [0.1, 0.15) is 43.6 Å². The van der Waals surface area contributed by atoms with Crippen molar-refractivity contribution in [3.05, 3.63) is 27.3 Å². The summed E-state index contributed by atoms with van der Waals surface area (Å²) in [6.45, 7) is 6.03. The van der Waals surface area contributed by atoms with Crippen molar-refractivity contribution < 1.29 is 4.79 Å². The molecule has 28 heavy (non-hydrogen) atoms. The Balaban J connectivity index is 1.52. The maximum Gasteiger partial charge on any atom is 0.352 e. The van der Waals surface area contributed by atoms with Gasteiger partial charge in [0.1, 0.15) is 17.7 Å². The Labute approximate surface area is 167 Å². The first-order valence-corrected chi connectivity index (χ1v) is 11.0. The number of hydrogen-bond donors (Lipinski definition) is 0. The normalized spacial score (nSPS) is 20.8. The van der Waals surface area contributed by atoms with Crippen molar-refractivity contribution in [2.24, 2.45) is 11.8 Å². The number of hydrogen-bond acceptors (Lipinski definition) is 5. The molecule has 0 N–H and O–H groups in total. The number of thiophene rings is 1. The molecule has 0 aromatic carbocycles. The van der Waals surface area contributed by atoms with Crippen LogP contribution in [-0.4, -0.2) is 43.1 Å². The van der Waals surface area contributed by atoms with Crippen molar-refractivity contribution in [3.8, 4) is 0 Å². The zero-order valence-corrected chi connectivity index (χ0v) is 17.2. The van der Waals surface area contributed by atoms with Gasteiger partial charge in [0.15, 0.2) is 5.65 Å². The molecule has 0 saturated carbocycles. The second-order valence-electron chi connectivity index (χ2n) is 8.47. The lowest BCUT2D eigenvalue weighted by molar-refractivity contribution is -0.133. The average molecular weight is 400 g/mol. The van der Waals surface area contributed by atoms with Crippen molar-refractivity contribution in [3.63, 3.8) is 0 Å². The number of aromatic nitrogens is 4. The van der Waals surface area contributed by atoms with E-state index in [0.717, 1.165) is 55.4 Å². The molecule has 1 saturated heterocycles. The predicted molar refractivity (Wildman–Crippen MR) is 109 cm³/mol. The van der Waals surface area contributed by atoms with Crippen molar-refractivity contribution in [2.45, 2.75) is 52.5 Å². The molecule has 8 heteroatoms. The van der Waals surface area contributed by atoms with Crippen molar-refractivity contribution in [1.82, 2.24) is 24.1 Å². The fraction of sp³-hybridized carbons (Fsp3) is 0.600. The van der Waals surface area contributed by atoms with E-state index in [-0.39, 0.29) is 18.1 Å². The molecular weight excluding hydrogens is 374 g/mol. The van der Waals surface area contributed by atoms with Gasteiger partial charge in [-0.1, -0.05) is 13.8 Å². The quantitative estimate of drug-likeness (QED) is 0.664. The van der Waals surface area contributed by atoms with Crippen LogP contribution in [0.4, 0.5) is 0 Å². The Hall–Kier alpha value is -2.22. The fourth-order valence-electron chi connectivity index (χ4n) is 4.45. The Bertz CT molecular complexity index is 1120.